The van der Waals surface area contributed by atoms with Crippen molar-refractivity contribution >= 4 is 23.1 Å². The van der Waals surface area contributed by atoms with E-state index >= 15 is 0 Å². The van der Waals surface area contributed by atoms with Crippen LogP contribution in [0.2, 0.25) is 0 Å². The number of nitrogens with one attached hydrogen (secondary N) is 2. The van der Waals surface area contributed by atoms with Crippen LogP contribution in [0.4, 0.5) is 10.5 Å². The number of aryl methyl sites for hydroxylation is 2. The lowest BCUT2D eigenvalue weighted by atomic mass is 9.93. The molecule has 1 aliphatic rings. The maximum atomic E-state index is 12.3. The van der Waals surface area contributed by atoms with Crippen molar-refractivity contribution in [2.24, 2.45) is 4.99 Å². The summed E-state index contributed by atoms with van der Waals surface area (Å²) in [7, 11) is 0. The van der Waals surface area contributed by atoms with Crippen molar-refractivity contribution in [3.05, 3.63) is 82.5 Å². The number of hydrogen-bond donors (Lipinski definition) is 2. The summed E-state index contributed by atoms with van der Waals surface area (Å²) < 4.78 is 2.08. The Morgan fingerprint density at radius 3 is 2.68 bits per heavy atom. The molecule has 0 saturated carbocycles. The summed E-state index contributed by atoms with van der Waals surface area (Å²) in [5.74, 6) is 0. The van der Waals surface area contributed by atoms with Gasteiger partial charge in [-0.1, -0.05) is 48.5 Å². The van der Waals surface area contributed by atoms with Crippen LogP contribution in [0.25, 0.3) is 11.3 Å². The van der Waals surface area contributed by atoms with Gasteiger partial charge in [-0.15, -0.1) is 17.9 Å². The van der Waals surface area contributed by atoms with Crippen molar-refractivity contribution in [1.29, 1.82) is 0 Å². The third kappa shape index (κ3) is 4.10. The first-order valence-corrected chi connectivity index (χ1v) is 9.65. The van der Waals surface area contributed by atoms with Crippen LogP contribution in [0.3, 0.4) is 0 Å². The number of nitrogens with zero attached hydrogens (tertiary/aromatic N) is 2. The Hall–Kier alpha value is -2.64. The van der Waals surface area contributed by atoms with Gasteiger partial charge in [0.15, 0.2) is 4.80 Å². The number of fused-ring (bicyclic) bond motifs is 3. The molecular formula is C21H20BrN4OS-. The Balaban J connectivity index is 0.00000225. The van der Waals surface area contributed by atoms with Crippen molar-refractivity contribution in [2.75, 3.05) is 5.43 Å². The lowest BCUT2D eigenvalue weighted by molar-refractivity contribution is -0.00000853. The molecule has 2 N–H and O–H groups in total. The van der Waals surface area contributed by atoms with Crippen LogP contribution >= 0.6 is 11.3 Å². The highest BCUT2D eigenvalue weighted by molar-refractivity contribution is 7.09. The third-order valence-corrected chi connectivity index (χ3v) is 5.61. The van der Waals surface area contributed by atoms with Gasteiger partial charge in [-0.05, 0) is 30.5 Å². The molecule has 1 heterocycles. The molecule has 1 aromatic heterocycles. The lowest BCUT2D eigenvalue weighted by Gasteiger charge is -2.18. The lowest BCUT2D eigenvalue weighted by Crippen LogP contribution is -3.00. The van der Waals surface area contributed by atoms with Gasteiger partial charge in [-0.25, -0.2) is 10.2 Å². The number of rotatable bonds is 4. The van der Waals surface area contributed by atoms with E-state index in [0.29, 0.717) is 11.3 Å². The van der Waals surface area contributed by atoms with Crippen molar-refractivity contribution in [2.45, 2.75) is 19.4 Å². The SMILES string of the molecule is C=CCn1c2c(s/c1=N\C(=O)NNc1ccccc1)CCc1ccccc1-2.[Br-]. The minimum absolute atomic E-state index is 0. The Kier molecular flexibility index (Phi) is 6.49. The number of allylic oxidation sites excluding steroid dienone is 1. The number of carbonyl (C=O) groups is 1. The summed E-state index contributed by atoms with van der Waals surface area (Å²) in [6.07, 6.45) is 3.82. The third-order valence-electron chi connectivity index (χ3n) is 4.47. The first-order valence-electron chi connectivity index (χ1n) is 8.83. The number of hydrazine groups is 1. The molecule has 3 aromatic rings. The van der Waals surface area contributed by atoms with Gasteiger partial charge in [0.1, 0.15) is 0 Å². The summed E-state index contributed by atoms with van der Waals surface area (Å²) in [5, 5.41) is 0. The van der Waals surface area contributed by atoms with Crippen molar-refractivity contribution in [1.82, 2.24) is 9.99 Å². The topological polar surface area (TPSA) is 58.4 Å². The zero-order valence-electron chi connectivity index (χ0n) is 15.2. The molecule has 28 heavy (non-hydrogen) atoms. The summed E-state index contributed by atoms with van der Waals surface area (Å²) >= 11 is 1.58. The highest BCUT2D eigenvalue weighted by Gasteiger charge is 2.22. The molecule has 2 aromatic carbocycles. The second-order valence-electron chi connectivity index (χ2n) is 6.25. The van der Waals surface area contributed by atoms with Crippen molar-refractivity contribution in [3.8, 4) is 11.3 Å². The second-order valence-corrected chi connectivity index (χ2v) is 7.31. The van der Waals surface area contributed by atoms with Gasteiger partial charge in [0.25, 0.3) is 0 Å². The molecule has 0 unspecified atom stereocenters. The van der Waals surface area contributed by atoms with Crippen LogP contribution in [-0.2, 0) is 19.4 Å². The molecule has 0 fully saturated rings. The average Bonchev–Trinajstić information content (AvgIpc) is 3.05. The maximum Gasteiger partial charge on any atom is 0.362 e. The number of urea groups is 1. The van der Waals surface area contributed by atoms with E-state index in [2.05, 4.69) is 51.3 Å². The minimum atomic E-state index is -0.427. The minimum Gasteiger partial charge on any atom is -1.00 e. The normalized spacial score (nSPS) is 12.4. The predicted molar refractivity (Wildman–Crippen MR) is 110 cm³/mol. The van der Waals surface area contributed by atoms with E-state index in [9.17, 15) is 4.79 Å². The van der Waals surface area contributed by atoms with E-state index in [4.69, 9.17) is 0 Å². The monoisotopic (exact) mass is 455 g/mol. The number of amides is 2. The molecule has 7 heteroatoms. The number of para-hydroxylation sites is 1. The largest absolute Gasteiger partial charge is 1.00 e. The number of aromatic nitrogens is 1. The van der Waals surface area contributed by atoms with Gasteiger partial charge < -0.3 is 21.5 Å². The zero-order valence-corrected chi connectivity index (χ0v) is 17.6. The molecular weight excluding hydrogens is 436 g/mol. The van der Waals surface area contributed by atoms with Crippen LogP contribution in [0.1, 0.15) is 10.4 Å². The Morgan fingerprint density at radius 2 is 1.89 bits per heavy atom. The van der Waals surface area contributed by atoms with Crippen molar-refractivity contribution in [3.63, 3.8) is 0 Å². The van der Waals surface area contributed by atoms with E-state index in [1.54, 1.807) is 11.3 Å². The molecule has 0 saturated heterocycles. The molecule has 0 spiro atoms. The first kappa shape index (κ1) is 20.1. The Labute approximate surface area is 178 Å². The van der Waals surface area contributed by atoms with E-state index in [0.717, 1.165) is 24.2 Å². The number of carbonyl (C=O) groups excluding carboxylic acids is 1. The number of halogens is 1. The summed E-state index contributed by atoms with van der Waals surface area (Å²) in [4.78, 5) is 18.6. The number of anilines is 1. The number of benzene rings is 2. The fraction of sp³-hybridized carbons (Fsp3) is 0.143. The number of hydrogen-bond acceptors (Lipinski definition) is 3. The standard InChI is InChI=1S/C21H20N4OS.BrH/c1-2-14-25-19-17-11-7-6-8-15(17)12-13-18(19)27-21(25)22-20(26)24-23-16-9-4-3-5-10-16;/h2-11,23H,1,12-14H2,(H,24,26);1H/p-1/b22-21-;. The van der Waals surface area contributed by atoms with E-state index in [-0.39, 0.29) is 17.0 Å². The average molecular weight is 456 g/mol. The molecule has 5 nitrogen and oxygen atoms in total. The molecule has 4 rings (SSSR count). The molecule has 1 aliphatic carbocycles. The molecule has 144 valence electrons. The second kappa shape index (κ2) is 9.03. The molecule has 0 bridgehead atoms. The molecule has 0 radical (unpaired) electrons. The molecule has 0 aliphatic heterocycles. The van der Waals surface area contributed by atoms with Crippen LogP contribution < -0.4 is 32.6 Å². The Bertz CT molecular complexity index is 1060. The molecule has 2 amide bonds. The van der Waals surface area contributed by atoms with Crippen molar-refractivity contribution < 1.29 is 21.8 Å². The van der Waals surface area contributed by atoms with Gasteiger partial charge in [-0.2, -0.15) is 4.99 Å². The Morgan fingerprint density at radius 1 is 1.14 bits per heavy atom. The van der Waals surface area contributed by atoms with Crippen LogP contribution in [0, 0.1) is 0 Å². The quantitative estimate of drug-likeness (QED) is 0.457. The fourth-order valence-electron chi connectivity index (χ4n) is 3.29. The zero-order chi connectivity index (χ0) is 18.6. The van der Waals surface area contributed by atoms with Crippen LogP contribution in [0.5, 0.6) is 0 Å². The fourth-order valence-corrected chi connectivity index (χ4v) is 4.43. The van der Waals surface area contributed by atoms with Gasteiger partial charge in [0.2, 0.25) is 0 Å². The van der Waals surface area contributed by atoms with Gasteiger partial charge in [0, 0.05) is 17.0 Å². The van der Waals surface area contributed by atoms with Gasteiger partial charge in [0.05, 0.1) is 11.4 Å². The highest BCUT2D eigenvalue weighted by Crippen LogP contribution is 2.34. The number of thiazole rings is 1. The van der Waals surface area contributed by atoms with E-state index < -0.39 is 6.03 Å². The van der Waals surface area contributed by atoms with E-state index in [1.807, 2.05) is 36.4 Å². The van der Waals surface area contributed by atoms with Gasteiger partial charge >= 0.3 is 6.03 Å². The smallest absolute Gasteiger partial charge is 0.362 e. The summed E-state index contributed by atoms with van der Waals surface area (Å²) in [6.45, 7) is 4.48. The highest BCUT2D eigenvalue weighted by atomic mass is 79.9. The predicted octanol–water partition coefficient (Wildman–Crippen LogP) is 1.14. The molecule has 0 atom stereocenters. The first-order chi connectivity index (χ1) is 13.3. The maximum absolute atomic E-state index is 12.3. The van der Waals surface area contributed by atoms with Gasteiger partial charge in [-0.3, -0.25) is 5.43 Å². The van der Waals surface area contributed by atoms with E-state index in [1.165, 1.54) is 16.0 Å². The summed E-state index contributed by atoms with van der Waals surface area (Å²) in [6, 6.07) is 17.5. The van der Waals surface area contributed by atoms with Crippen LogP contribution in [-0.4, -0.2) is 10.6 Å². The van der Waals surface area contributed by atoms with Crippen LogP contribution in [0.15, 0.2) is 72.2 Å². The summed E-state index contributed by atoms with van der Waals surface area (Å²) in [5.41, 5.74) is 10.0.